The minimum absolute atomic E-state index is 0.0693. The number of rotatable bonds is 4. The van der Waals surface area contributed by atoms with Crippen LogP contribution in [-0.2, 0) is 0 Å². The lowest BCUT2D eigenvalue weighted by atomic mass is 10.2. The number of ketones is 1. The molecule has 5 rings (SSSR count). The van der Waals surface area contributed by atoms with Gasteiger partial charge in [-0.25, -0.2) is 4.98 Å². The molecule has 1 aliphatic rings. The van der Waals surface area contributed by atoms with Crippen molar-refractivity contribution in [1.29, 1.82) is 0 Å². The van der Waals surface area contributed by atoms with Crippen LogP contribution in [0.15, 0.2) is 36.7 Å². The number of aromatic nitrogens is 5. The SMILES string of the molecule is CC(=O)c1cc2cnc(Nc3ccc4[nH]ncc4c3)nc2n1C1CCCC1. The van der Waals surface area contributed by atoms with Gasteiger partial charge in [0.05, 0.1) is 17.4 Å². The molecule has 3 aromatic heterocycles. The van der Waals surface area contributed by atoms with Crippen molar-refractivity contribution in [2.45, 2.75) is 38.6 Å². The van der Waals surface area contributed by atoms with Crippen molar-refractivity contribution in [3.63, 3.8) is 0 Å². The number of nitrogens with one attached hydrogen (secondary N) is 2. The molecular formula is C20H20N6O. The van der Waals surface area contributed by atoms with E-state index in [4.69, 9.17) is 4.98 Å². The zero-order valence-corrected chi connectivity index (χ0v) is 15.1. The minimum Gasteiger partial charge on any atom is -0.324 e. The van der Waals surface area contributed by atoms with Crippen LogP contribution < -0.4 is 5.32 Å². The fourth-order valence-corrected chi connectivity index (χ4v) is 4.02. The van der Waals surface area contributed by atoms with E-state index in [9.17, 15) is 4.79 Å². The lowest BCUT2D eigenvalue weighted by Crippen LogP contribution is -2.12. The monoisotopic (exact) mass is 360 g/mol. The first-order valence-electron chi connectivity index (χ1n) is 9.28. The number of anilines is 2. The second-order valence-corrected chi connectivity index (χ2v) is 7.16. The smallest absolute Gasteiger partial charge is 0.229 e. The van der Waals surface area contributed by atoms with Gasteiger partial charge >= 0.3 is 0 Å². The number of H-pyrrole nitrogens is 1. The fourth-order valence-electron chi connectivity index (χ4n) is 4.02. The number of hydrogen-bond donors (Lipinski definition) is 2. The zero-order valence-electron chi connectivity index (χ0n) is 15.1. The molecule has 4 aromatic rings. The third-order valence-electron chi connectivity index (χ3n) is 5.32. The molecule has 1 fully saturated rings. The maximum atomic E-state index is 12.2. The summed E-state index contributed by atoms with van der Waals surface area (Å²) in [6.07, 6.45) is 8.15. The average Bonchev–Trinajstić information content (AvgIpc) is 3.39. The second kappa shape index (κ2) is 6.19. The summed E-state index contributed by atoms with van der Waals surface area (Å²) in [7, 11) is 0. The standard InChI is InChI=1S/C20H20N6O/c1-12(27)18-9-14-10-21-20(24-19(14)26(18)16-4-2-3-5-16)23-15-6-7-17-13(8-15)11-22-25-17/h6-11,16H,2-5H2,1H3,(H,22,25)(H,21,23,24). The highest BCUT2D eigenvalue weighted by Gasteiger charge is 2.24. The Morgan fingerprint density at radius 3 is 2.85 bits per heavy atom. The molecule has 1 aromatic carbocycles. The summed E-state index contributed by atoms with van der Waals surface area (Å²) < 4.78 is 2.12. The number of hydrogen-bond acceptors (Lipinski definition) is 5. The summed E-state index contributed by atoms with van der Waals surface area (Å²) in [4.78, 5) is 21.4. The Labute approximate surface area is 155 Å². The molecule has 1 aliphatic carbocycles. The van der Waals surface area contributed by atoms with E-state index >= 15 is 0 Å². The van der Waals surface area contributed by atoms with Gasteiger partial charge in [0.15, 0.2) is 5.78 Å². The van der Waals surface area contributed by atoms with Crippen LogP contribution in [-0.4, -0.2) is 30.5 Å². The molecule has 0 amide bonds. The summed E-state index contributed by atoms with van der Waals surface area (Å²) in [5.41, 5.74) is 3.43. The molecular weight excluding hydrogens is 340 g/mol. The summed E-state index contributed by atoms with van der Waals surface area (Å²) in [6, 6.07) is 8.19. The van der Waals surface area contributed by atoms with Gasteiger partial charge in [-0.1, -0.05) is 12.8 Å². The highest BCUT2D eigenvalue weighted by atomic mass is 16.1. The topological polar surface area (TPSA) is 88.5 Å². The van der Waals surface area contributed by atoms with Crippen molar-refractivity contribution >= 4 is 39.4 Å². The summed E-state index contributed by atoms with van der Waals surface area (Å²) in [6.45, 7) is 1.62. The van der Waals surface area contributed by atoms with Crippen LogP contribution in [0.1, 0.15) is 49.1 Å². The van der Waals surface area contributed by atoms with Crippen LogP contribution in [0, 0.1) is 0 Å². The quantitative estimate of drug-likeness (QED) is 0.528. The van der Waals surface area contributed by atoms with E-state index in [2.05, 4.69) is 25.1 Å². The molecule has 136 valence electrons. The maximum Gasteiger partial charge on any atom is 0.229 e. The van der Waals surface area contributed by atoms with Crippen molar-refractivity contribution in [2.24, 2.45) is 0 Å². The summed E-state index contributed by atoms with van der Waals surface area (Å²) in [5.74, 6) is 0.595. The average molecular weight is 360 g/mol. The van der Waals surface area contributed by atoms with Gasteiger partial charge in [0.25, 0.3) is 0 Å². The van der Waals surface area contributed by atoms with Gasteiger partial charge in [0.2, 0.25) is 5.95 Å². The Hall–Kier alpha value is -3.22. The van der Waals surface area contributed by atoms with Gasteiger partial charge in [-0.2, -0.15) is 10.1 Å². The van der Waals surface area contributed by atoms with Crippen LogP contribution in [0.4, 0.5) is 11.6 Å². The van der Waals surface area contributed by atoms with Gasteiger partial charge in [-0.05, 0) is 37.1 Å². The van der Waals surface area contributed by atoms with Gasteiger partial charge in [-0.3, -0.25) is 9.89 Å². The Balaban J connectivity index is 1.57. The molecule has 0 unspecified atom stereocenters. The maximum absolute atomic E-state index is 12.2. The number of nitrogens with zero attached hydrogens (tertiary/aromatic N) is 4. The fraction of sp³-hybridized carbons (Fsp3) is 0.300. The highest BCUT2D eigenvalue weighted by molar-refractivity contribution is 5.98. The lowest BCUT2D eigenvalue weighted by molar-refractivity contribution is 0.100. The molecule has 1 saturated carbocycles. The third-order valence-corrected chi connectivity index (χ3v) is 5.32. The van der Waals surface area contributed by atoms with Gasteiger partial charge in [0.1, 0.15) is 5.65 Å². The molecule has 7 heteroatoms. The minimum atomic E-state index is 0.0693. The first-order valence-corrected chi connectivity index (χ1v) is 9.28. The van der Waals surface area contributed by atoms with Crippen LogP contribution in [0.2, 0.25) is 0 Å². The van der Waals surface area contributed by atoms with Crippen LogP contribution in [0.5, 0.6) is 0 Å². The first-order chi connectivity index (χ1) is 13.2. The highest BCUT2D eigenvalue weighted by Crippen LogP contribution is 2.34. The molecule has 0 spiro atoms. The number of benzene rings is 1. The molecule has 3 heterocycles. The predicted molar refractivity (Wildman–Crippen MR) is 104 cm³/mol. The number of Topliss-reactive ketones (excluding diaryl/α,β-unsaturated/α-hetero) is 1. The van der Waals surface area contributed by atoms with Gasteiger partial charge < -0.3 is 9.88 Å². The van der Waals surface area contributed by atoms with Crippen molar-refractivity contribution in [3.8, 4) is 0 Å². The Bertz CT molecular complexity index is 1150. The predicted octanol–water partition coefficient (Wildman–Crippen LogP) is 4.37. The Morgan fingerprint density at radius 2 is 2.04 bits per heavy atom. The van der Waals surface area contributed by atoms with E-state index in [0.717, 1.165) is 46.2 Å². The second-order valence-electron chi connectivity index (χ2n) is 7.16. The van der Waals surface area contributed by atoms with Crippen molar-refractivity contribution < 1.29 is 4.79 Å². The number of carbonyl (C=O) groups excluding carboxylic acids is 1. The largest absolute Gasteiger partial charge is 0.324 e. The Morgan fingerprint density at radius 1 is 1.19 bits per heavy atom. The third kappa shape index (κ3) is 2.75. The van der Waals surface area contributed by atoms with Crippen molar-refractivity contribution in [3.05, 3.63) is 42.4 Å². The van der Waals surface area contributed by atoms with Gasteiger partial charge in [0, 0.05) is 35.6 Å². The number of fused-ring (bicyclic) bond motifs is 2. The first kappa shape index (κ1) is 16.0. The van der Waals surface area contributed by atoms with Crippen molar-refractivity contribution in [2.75, 3.05) is 5.32 Å². The van der Waals surface area contributed by atoms with E-state index in [0.29, 0.717) is 12.0 Å². The molecule has 0 bridgehead atoms. The van der Waals surface area contributed by atoms with E-state index in [1.165, 1.54) is 12.8 Å². The van der Waals surface area contributed by atoms with E-state index in [1.54, 1.807) is 19.3 Å². The van der Waals surface area contributed by atoms with Crippen LogP contribution in [0.3, 0.4) is 0 Å². The van der Waals surface area contributed by atoms with Crippen LogP contribution in [0.25, 0.3) is 21.9 Å². The summed E-state index contributed by atoms with van der Waals surface area (Å²) in [5, 5.41) is 12.2. The number of aromatic amines is 1. The molecule has 0 saturated heterocycles. The molecule has 27 heavy (non-hydrogen) atoms. The molecule has 0 atom stereocenters. The zero-order chi connectivity index (χ0) is 18.4. The van der Waals surface area contributed by atoms with E-state index in [1.807, 2.05) is 24.3 Å². The molecule has 0 radical (unpaired) electrons. The van der Waals surface area contributed by atoms with Gasteiger partial charge in [-0.15, -0.1) is 0 Å². The van der Waals surface area contributed by atoms with Crippen molar-refractivity contribution in [1.82, 2.24) is 24.7 Å². The van der Waals surface area contributed by atoms with Crippen LogP contribution >= 0.6 is 0 Å². The molecule has 2 N–H and O–H groups in total. The molecule has 7 nitrogen and oxygen atoms in total. The van der Waals surface area contributed by atoms with E-state index < -0.39 is 0 Å². The van der Waals surface area contributed by atoms with E-state index in [-0.39, 0.29) is 5.78 Å². The number of carbonyl (C=O) groups is 1. The molecule has 0 aliphatic heterocycles. The summed E-state index contributed by atoms with van der Waals surface area (Å²) >= 11 is 0. The lowest BCUT2D eigenvalue weighted by Gasteiger charge is -2.16. The normalized spacial score (nSPS) is 15.0. The Kier molecular flexibility index (Phi) is 3.67.